The molecule has 0 N–H and O–H groups in total. The number of hydrogen-bond acceptors (Lipinski definition) is 2. The molecule has 0 bridgehead atoms. The van der Waals surface area contributed by atoms with Crippen LogP contribution in [0.3, 0.4) is 0 Å². The van der Waals surface area contributed by atoms with E-state index >= 15 is 0 Å². The van der Waals surface area contributed by atoms with Crippen molar-refractivity contribution >= 4 is 17.1 Å². The highest BCUT2D eigenvalue weighted by Gasteiger charge is 1.92. The summed E-state index contributed by atoms with van der Waals surface area (Å²) >= 11 is 5.62. The normalized spacial score (nSPS) is 10.5. The Hall–Kier alpha value is -1.09. The molecule has 0 aliphatic rings. The van der Waals surface area contributed by atoms with E-state index in [0.717, 1.165) is 5.52 Å². The minimum atomic E-state index is 0.494. The SMILES string of the molecule is Clc1cc2ccnn2cn1. The van der Waals surface area contributed by atoms with Gasteiger partial charge in [0.15, 0.2) is 0 Å². The third kappa shape index (κ3) is 0.752. The Morgan fingerprint density at radius 1 is 1.50 bits per heavy atom. The zero-order valence-electron chi connectivity index (χ0n) is 5.03. The zero-order valence-corrected chi connectivity index (χ0v) is 5.78. The first kappa shape index (κ1) is 5.68. The van der Waals surface area contributed by atoms with Gasteiger partial charge in [0.1, 0.15) is 11.5 Å². The van der Waals surface area contributed by atoms with Crippen molar-refractivity contribution in [2.45, 2.75) is 0 Å². The molecular weight excluding hydrogens is 150 g/mol. The van der Waals surface area contributed by atoms with Gasteiger partial charge in [-0.15, -0.1) is 0 Å². The van der Waals surface area contributed by atoms with Crippen molar-refractivity contribution < 1.29 is 0 Å². The lowest BCUT2D eigenvalue weighted by Crippen LogP contribution is -1.87. The largest absolute Gasteiger partial charge is 0.225 e. The molecule has 50 valence electrons. The molecule has 0 radical (unpaired) electrons. The number of nitrogens with zero attached hydrogens (tertiary/aromatic N) is 3. The van der Waals surface area contributed by atoms with E-state index < -0.39 is 0 Å². The average Bonchev–Trinajstić information content (AvgIpc) is 2.33. The molecule has 0 saturated heterocycles. The topological polar surface area (TPSA) is 30.2 Å². The van der Waals surface area contributed by atoms with E-state index in [9.17, 15) is 0 Å². The maximum atomic E-state index is 5.62. The summed E-state index contributed by atoms with van der Waals surface area (Å²) in [6.45, 7) is 0. The molecular formula is C6H4ClN3. The van der Waals surface area contributed by atoms with Gasteiger partial charge in [0, 0.05) is 6.07 Å². The predicted octanol–water partition coefficient (Wildman–Crippen LogP) is 1.38. The fraction of sp³-hybridized carbons (Fsp3) is 0. The van der Waals surface area contributed by atoms with Crippen molar-refractivity contribution in [2.75, 3.05) is 0 Å². The third-order valence-electron chi connectivity index (χ3n) is 1.26. The zero-order chi connectivity index (χ0) is 6.97. The van der Waals surface area contributed by atoms with E-state index in [1.807, 2.05) is 6.07 Å². The van der Waals surface area contributed by atoms with Crippen LogP contribution in [0.15, 0.2) is 24.7 Å². The van der Waals surface area contributed by atoms with E-state index in [1.54, 1.807) is 23.1 Å². The first-order valence-electron chi connectivity index (χ1n) is 2.81. The monoisotopic (exact) mass is 153 g/mol. The molecule has 10 heavy (non-hydrogen) atoms. The van der Waals surface area contributed by atoms with Crippen molar-refractivity contribution in [3.05, 3.63) is 29.8 Å². The van der Waals surface area contributed by atoms with Crippen LogP contribution in [0.25, 0.3) is 5.52 Å². The second-order valence-corrected chi connectivity index (χ2v) is 2.30. The number of aromatic nitrogens is 3. The van der Waals surface area contributed by atoms with Crippen molar-refractivity contribution in [3.63, 3.8) is 0 Å². The average molecular weight is 154 g/mol. The lowest BCUT2D eigenvalue weighted by atomic mass is 10.5. The molecule has 2 rings (SSSR count). The second-order valence-electron chi connectivity index (χ2n) is 1.91. The van der Waals surface area contributed by atoms with Crippen molar-refractivity contribution in [1.29, 1.82) is 0 Å². The van der Waals surface area contributed by atoms with Gasteiger partial charge in [-0.1, -0.05) is 11.6 Å². The fourth-order valence-electron chi connectivity index (χ4n) is 0.804. The maximum absolute atomic E-state index is 5.62. The smallest absolute Gasteiger partial charge is 0.133 e. The van der Waals surface area contributed by atoms with E-state index in [4.69, 9.17) is 11.6 Å². The summed E-state index contributed by atoms with van der Waals surface area (Å²) < 4.78 is 1.66. The molecule has 2 aromatic heterocycles. The number of hydrogen-bond donors (Lipinski definition) is 0. The summed E-state index contributed by atoms with van der Waals surface area (Å²) in [4.78, 5) is 3.85. The second kappa shape index (κ2) is 1.95. The van der Waals surface area contributed by atoms with Gasteiger partial charge in [-0.05, 0) is 6.07 Å². The lowest BCUT2D eigenvalue weighted by molar-refractivity contribution is 0.922. The van der Waals surface area contributed by atoms with Crippen LogP contribution in [0.2, 0.25) is 5.15 Å². The van der Waals surface area contributed by atoms with Gasteiger partial charge < -0.3 is 0 Å². The van der Waals surface area contributed by atoms with Crippen LogP contribution in [0, 0.1) is 0 Å². The molecule has 4 heteroatoms. The first-order valence-corrected chi connectivity index (χ1v) is 3.19. The number of fused-ring (bicyclic) bond motifs is 1. The van der Waals surface area contributed by atoms with Crippen LogP contribution in [0.1, 0.15) is 0 Å². The summed E-state index contributed by atoms with van der Waals surface area (Å²) in [6, 6.07) is 3.63. The van der Waals surface area contributed by atoms with E-state index in [0.29, 0.717) is 5.15 Å². The van der Waals surface area contributed by atoms with Crippen LogP contribution in [0.4, 0.5) is 0 Å². The van der Waals surface area contributed by atoms with Gasteiger partial charge in [0.05, 0.1) is 11.7 Å². The maximum Gasteiger partial charge on any atom is 0.133 e. The van der Waals surface area contributed by atoms with Crippen LogP contribution in [0.5, 0.6) is 0 Å². The summed E-state index contributed by atoms with van der Waals surface area (Å²) in [5, 5.41) is 4.45. The molecule has 0 amide bonds. The minimum absolute atomic E-state index is 0.494. The Labute approximate surface area is 62.3 Å². The summed E-state index contributed by atoms with van der Waals surface area (Å²) in [7, 11) is 0. The minimum Gasteiger partial charge on any atom is -0.225 e. The van der Waals surface area contributed by atoms with Crippen molar-refractivity contribution in [3.8, 4) is 0 Å². The third-order valence-corrected chi connectivity index (χ3v) is 1.47. The molecule has 0 fully saturated rings. The van der Waals surface area contributed by atoms with E-state index in [1.165, 1.54) is 0 Å². The molecule has 0 aromatic carbocycles. The fourth-order valence-corrected chi connectivity index (χ4v) is 0.960. The van der Waals surface area contributed by atoms with Crippen molar-refractivity contribution in [1.82, 2.24) is 14.6 Å². The quantitative estimate of drug-likeness (QED) is 0.536. The van der Waals surface area contributed by atoms with Gasteiger partial charge >= 0.3 is 0 Å². The van der Waals surface area contributed by atoms with Crippen LogP contribution >= 0.6 is 11.6 Å². The Bertz CT molecular complexity index is 355. The lowest BCUT2D eigenvalue weighted by Gasteiger charge is -1.90. The Morgan fingerprint density at radius 2 is 2.40 bits per heavy atom. The highest BCUT2D eigenvalue weighted by molar-refractivity contribution is 6.29. The summed E-state index contributed by atoms with van der Waals surface area (Å²) in [6.07, 6.45) is 3.28. The molecule has 0 saturated carbocycles. The molecule has 0 aliphatic heterocycles. The standard InChI is InChI=1S/C6H4ClN3/c7-6-3-5-1-2-9-10(5)4-8-6/h1-4H. The molecule has 0 aliphatic carbocycles. The number of halogens is 1. The van der Waals surface area contributed by atoms with Crippen LogP contribution in [-0.4, -0.2) is 14.6 Å². The Balaban J connectivity index is 2.86. The number of rotatable bonds is 0. The van der Waals surface area contributed by atoms with Crippen molar-refractivity contribution in [2.24, 2.45) is 0 Å². The van der Waals surface area contributed by atoms with Crippen LogP contribution < -0.4 is 0 Å². The van der Waals surface area contributed by atoms with Gasteiger partial charge in [-0.3, -0.25) is 0 Å². The summed E-state index contributed by atoms with van der Waals surface area (Å²) in [5.74, 6) is 0. The first-order chi connectivity index (χ1) is 4.86. The molecule has 0 atom stereocenters. The van der Waals surface area contributed by atoms with E-state index in [2.05, 4.69) is 10.1 Å². The van der Waals surface area contributed by atoms with Gasteiger partial charge in [0.2, 0.25) is 0 Å². The molecule has 0 spiro atoms. The highest BCUT2D eigenvalue weighted by Crippen LogP contribution is 2.06. The molecule has 3 nitrogen and oxygen atoms in total. The predicted molar refractivity (Wildman–Crippen MR) is 38.0 cm³/mol. The van der Waals surface area contributed by atoms with E-state index in [-0.39, 0.29) is 0 Å². The highest BCUT2D eigenvalue weighted by atomic mass is 35.5. The molecule has 2 heterocycles. The molecule has 2 aromatic rings. The summed E-state index contributed by atoms with van der Waals surface area (Å²) in [5.41, 5.74) is 0.958. The van der Waals surface area contributed by atoms with Gasteiger partial charge in [-0.2, -0.15) is 5.10 Å². The Kier molecular flexibility index (Phi) is 1.11. The van der Waals surface area contributed by atoms with Crippen LogP contribution in [-0.2, 0) is 0 Å². The van der Waals surface area contributed by atoms with Gasteiger partial charge in [0.25, 0.3) is 0 Å². The van der Waals surface area contributed by atoms with Gasteiger partial charge in [-0.25, -0.2) is 9.50 Å². The Morgan fingerprint density at radius 3 is 3.30 bits per heavy atom. The molecule has 0 unspecified atom stereocenters.